The van der Waals surface area contributed by atoms with Crippen LogP contribution in [-0.2, 0) is 12.5 Å². The zero-order valence-corrected chi connectivity index (χ0v) is 12.3. The Kier molecular flexibility index (Phi) is 3.62. The number of nitrogens with one attached hydrogen (secondary N) is 1. The fourth-order valence-electron chi connectivity index (χ4n) is 3.19. The Morgan fingerprint density at radius 2 is 2.00 bits per heavy atom. The molecule has 0 saturated heterocycles. The quantitative estimate of drug-likeness (QED) is 0.873. The summed E-state index contributed by atoms with van der Waals surface area (Å²) in [5.41, 5.74) is 3.00. The predicted octanol–water partition coefficient (Wildman–Crippen LogP) is 3.19. The van der Waals surface area contributed by atoms with Crippen molar-refractivity contribution in [3.63, 3.8) is 0 Å². The van der Waals surface area contributed by atoms with Crippen LogP contribution in [-0.4, -0.2) is 16.3 Å². The van der Waals surface area contributed by atoms with E-state index in [4.69, 9.17) is 0 Å². The summed E-state index contributed by atoms with van der Waals surface area (Å²) < 4.78 is 2.01. The molecule has 0 spiro atoms. The van der Waals surface area contributed by atoms with E-state index in [1.807, 2.05) is 17.9 Å². The van der Waals surface area contributed by atoms with Gasteiger partial charge in [0.1, 0.15) is 0 Å². The minimum absolute atomic E-state index is 0.254. The van der Waals surface area contributed by atoms with E-state index in [1.165, 1.54) is 24.1 Å². The summed E-state index contributed by atoms with van der Waals surface area (Å²) in [6.07, 6.45) is 5.56. The highest BCUT2D eigenvalue weighted by Crippen LogP contribution is 2.56. The zero-order chi connectivity index (χ0) is 14.0. The number of aromatic nitrogens is 2. The van der Waals surface area contributed by atoms with Gasteiger partial charge in [-0.15, -0.1) is 0 Å². The molecule has 2 aromatic rings. The number of hydrogen-bond acceptors (Lipinski definition) is 2. The molecule has 1 N–H and O–H groups in total. The van der Waals surface area contributed by atoms with Crippen molar-refractivity contribution in [2.45, 2.75) is 37.6 Å². The fourth-order valence-corrected chi connectivity index (χ4v) is 3.19. The van der Waals surface area contributed by atoms with Gasteiger partial charge in [-0.2, -0.15) is 5.10 Å². The van der Waals surface area contributed by atoms with Gasteiger partial charge in [0.05, 0.1) is 11.7 Å². The Bertz CT molecular complexity index is 555. The third kappa shape index (κ3) is 2.27. The van der Waals surface area contributed by atoms with Gasteiger partial charge in [-0.1, -0.05) is 37.3 Å². The van der Waals surface area contributed by atoms with Crippen molar-refractivity contribution in [1.29, 1.82) is 0 Å². The van der Waals surface area contributed by atoms with Crippen LogP contribution in [0, 0.1) is 0 Å². The summed E-state index contributed by atoms with van der Waals surface area (Å²) in [7, 11) is 2.04. The zero-order valence-electron chi connectivity index (χ0n) is 12.3. The van der Waals surface area contributed by atoms with Crippen LogP contribution >= 0.6 is 0 Å². The van der Waals surface area contributed by atoms with Crippen molar-refractivity contribution in [1.82, 2.24) is 15.1 Å². The van der Waals surface area contributed by atoms with Gasteiger partial charge in [0, 0.05) is 18.7 Å². The molecule has 3 nitrogen and oxygen atoms in total. The Balaban J connectivity index is 1.96. The molecule has 106 valence electrons. The number of aryl methyl sites for hydroxylation is 1. The summed E-state index contributed by atoms with van der Waals surface area (Å²) in [4.78, 5) is 0. The lowest BCUT2D eigenvalue weighted by molar-refractivity contribution is 0.405. The molecule has 0 amide bonds. The van der Waals surface area contributed by atoms with Gasteiger partial charge in [0.15, 0.2) is 0 Å². The average Bonchev–Trinajstić information content (AvgIpc) is 3.18. The van der Waals surface area contributed by atoms with Gasteiger partial charge in [-0.25, -0.2) is 0 Å². The third-order valence-corrected chi connectivity index (χ3v) is 4.44. The van der Waals surface area contributed by atoms with Crippen LogP contribution in [0.5, 0.6) is 0 Å². The largest absolute Gasteiger partial charge is 0.308 e. The molecule has 20 heavy (non-hydrogen) atoms. The normalized spacial score (nSPS) is 17.9. The van der Waals surface area contributed by atoms with Crippen LogP contribution in [0.15, 0.2) is 42.6 Å². The van der Waals surface area contributed by atoms with Crippen molar-refractivity contribution < 1.29 is 0 Å². The molecule has 1 aromatic carbocycles. The number of rotatable bonds is 6. The van der Waals surface area contributed by atoms with Crippen molar-refractivity contribution >= 4 is 0 Å². The van der Waals surface area contributed by atoms with Crippen molar-refractivity contribution in [2.24, 2.45) is 7.05 Å². The van der Waals surface area contributed by atoms with Crippen LogP contribution in [0.3, 0.4) is 0 Å². The Hall–Kier alpha value is -1.61. The van der Waals surface area contributed by atoms with E-state index in [0.29, 0.717) is 6.04 Å². The highest BCUT2D eigenvalue weighted by atomic mass is 15.3. The van der Waals surface area contributed by atoms with Crippen molar-refractivity contribution in [2.75, 3.05) is 6.54 Å². The highest BCUT2D eigenvalue weighted by molar-refractivity contribution is 5.36. The van der Waals surface area contributed by atoms with E-state index >= 15 is 0 Å². The molecule has 1 unspecified atom stereocenters. The molecule has 3 heteroatoms. The molecule has 0 aliphatic heterocycles. The first-order valence-electron chi connectivity index (χ1n) is 7.55. The molecule has 1 aromatic heterocycles. The van der Waals surface area contributed by atoms with E-state index in [1.54, 1.807) is 0 Å². The van der Waals surface area contributed by atoms with Gasteiger partial charge in [-0.3, -0.25) is 4.68 Å². The van der Waals surface area contributed by atoms with Crippen LogP contribution in [0.25, 0.3) is 0 Å². The fraction of sp³-hybridized carbons (Fsp3) is 0.471. The summed E-state index contributed by atoms with van der Waals surface area (Å²) in [6.45, 7) is 3.26. The first kappa shape index (κ1) is 13.4. The summed E-state index contributed by atoms with van der Waals surface area (Å²) in [6, 6.07) is 13.4. The Labute approximate surface area is 121 Å². The van der Waals surface area contributed by atoms with Crippen LogP contribution in [0.1, 0.15) is 43.5 Å². The van der Waals surface area contributed by atoms with Gasteiger partial charge in [0.25, 0.3) is 0 Å². The van der Waals surface area contributed by atoms with Crippen molar-refractivity contribution in [3.05, 3.63) is 53.9 Å². The first-order valence-corrected chi connectivity index (χ1v) is 7.55. The van der Waals surface area contributed by atoms with E-state index < -0.39 is 0 Å². The summed E-state index contributed by atoms with van der Waals surface area (Å²) in [5.74, 6) is 0. The maximum Gasteiger partial charge on any atom is 0.0590 e. The maximum absolute atomic E-state index is 4.36. The van der Waals surface area contributed by atoms with Crippen LogP contribution < -0.4 is 5.32 Å². The van der Waals surface area contributed by atoms with E-state index in [-0.39, 0.29) is 5.41 Å². The lowest BCUT2D eigenvalue weighted by Crippen LogP contribution is -2.34. The van der Waals surface area contributed by atoms with Crippen LogP contribution in [0.2, 0.25) is 0 Å². The topological polar surface area (TPSA) is 29.9 Å². The summed E-state index contributed by atoms with van der Waals surface area (Å²) in [5, 5.41) is 8.11. The molecule has 1 atom stereocenters. The van der Waals surface area contributed by atoms with Crippen molar-refractivity contribution in [3.8, 4) is 0 Å². The lowest BCUT2D eigenvalue weighted by Gasteiger charge is -2.29. The molecule has 0 radical (unpaired) electrons. The molecule has 1 heterocycles. The molecule has 0 bridgehead atoms. The second-order valence-corrected chi connectivity index (χ2v) is 5.79. The van der Waals surface area contributed by atoms with Gasteiger partial charge in [-0.05, 0) is 37.4 Å². The smallest absolute Gasteiger partial charge is 0.0590 e. The minimum Gasteiger partial charge on any atom is -0.308 e. The van der Waals surface area contributed by atoms with Crippen LogP contribution in [0.4, 0.5) is 0 Å². The number of hydrogen-bond donors (Lipinski definition) is 1. The van der Waals surface area contributed by atoms with Gasteiger partial charge in [0.2, 0.25) is 0 Å². The first-order chi connectivity index (χ1) is 9.78. The predicted molar refractivity (Wildman–Crippen MR) is 81.6 cm³/mol. The second kappa shape index (κ2) is 5.41. The summed E-state index contributed by atoms with van der Waals surface area (Å²) >= 11 is 0. The molecule has 1 aliphatic rings. The minimum atomic E-state index is 0.254. The van der Waals surface area contributed by atoms with E-state index in [2.05, 4.69) is 53.7 Å². The standard InChI is InChI=1S/C17H23N3/c1-3-12-18-16(15-9-13-19-20(15)2)17(10-11-17)14-7-5-4-6-8-14/h4-9,13,16,18H,3,10-12H2,1-2H3. The maximum atomic E-state index is 4.36. The molecular formula is C17H23N3. The highest BCUT2D eigenvalue weighted by Gasteiger charge is 2.51. The third-order valence-electron chi connectivity index (χ3n) is 4.44. The average molecular weight is 269 g/mol. The monoisotopic (exact) mass is 269 g/mol. The molecule has 1 aliphatic carbocycles. The molecule has 3 rings (SSSR count). The Morgan fingerprint density at radius 1 is 1.25 bits per heavy atom. The number of benzene rings is 1. The van der Waals surface area contributed by atoms with Gasteiger partial charge >= 0.3 is 0 Å². The lowest BCUT2D eigenvalue weighted by atomic mass is 9.86. The molecular weight excluding hydrogens is 246 g/mol. The Morgan fingerprint density at radius 3 is 2.55 bits per heavy atom. The SMILES string of the molecule is CCCNC(c1ccnn1C)C1(c2ccccc2)CC1. The second-order valence-electron chi connectivity index (χ2n) is 5.79. The van der Waals surface area contributed by atoms with Gasteiger partial charge < -0.3 is 5.32 Å². The molecule has 1 fully saturated rings. The van der Waals surface area contributed by atoms with E-state index in [0.717, 1.165) is 13.0 Å². The van der Waals surface area contributed by atoms with E-state index in [9.17, 15) is 0 Å². The number of nitrogens with zero attached hydrogens (tertiary/aromatic N) is 2. The molecule has 1 saturated carbocycles.